The molecule has 0 fully saturated rings. The number of para-hydroxylation sites is 2. The van der Waals surface area contributed by atoms with Gasteiger partial charge in [0.25, 0.3) is 0 Å². The minimum absolute atomic E-state index is 0.461. The summed E-state index contributed by atoms with van der Waals surface area (Å²) in [4.78, 5) is 15.9. The van der Waals surface area contributed by atoms with Gasteiger partial charge < -0.3 is 4.57 Å². The van der Waals surface area contributed by atoms with Crippen LogP contribution in [0.15, 0.2) is 188 Å². The van der Waals surface area contributed by atoms with Crippen LogP contribution < -0.4 is 5.19 Å². The van der Waals surface area contributed by atoms with Crippen molar-refractivity contribution in [3.63, 3.8) is 0 Å². The summed E-state index contributed by atoms with van der Waals surface area (Å²) in [5, 5.41) is 3.86. The zero-order chi connectivity index (χ0) is 40.2. The van der Waals surface area contributed by atoms with E-state index < -0.39 is 13.5 Å². The average molecular weight is 785 g/mol. The van der Waals surface area contributed by atoms with Gasteiger partial charge in [0.15, 0.2) is 17.5 Å². The third-order valence-corrected chi connectivity index (χ3v) is 14.9. The van der Waals surface area contributed by atoms with Gasteiger partial charge in [0.05, 0.1) is 24.5 Å². The predicted octanol–water partition coefficient (Wildman–Crippen LogP) is 12.9. The fourth-order valence-electron chi connectivity index (χ4n) is 10.1. The quantitative estimate of drug-likeness (QED) is 0.163. The lowest BCUT2D eigenvalue weighted by atomic mass is 9.70. The van der Waals surface area contributed by atoms with Gasteiger partial charge in [-0.3, -0.25) is 0 Å². The molecule has 0 aliphatic heterocycles. The van der Waals surface area contributed by atoms with Crippen LogP contribution in [0.5, 0.6) is 0 Å². The lowest BCUT2D eigenvalue weighted by Gasteiger charge is -2.30. The van der Waals surface area contributed by atoms with Gasteiger partial charge in [-0.15, -0.1) is 0 Å². The molecule has 4 nitrogen and oxygen atoms in total. The molecule has 5 heteroatoms. The number of fused-ring (bicyclic) bond motifs is 13. The third-order valence-electron chi connectivity index (χ3n) is 12.8. The molecule has 0 saturated heterocycles. The molecule has 2 aliphatic carbocycles. The van der Waals surface area contributed by atoms with Crippen LogP contribution in [0, 0.1) is 0 Å². The smallest absolute Gasteiger partial charge is 0.164 e. The third kappa shape index (κ3) is 4.99. The molecule has 0 amide bonds. The van der Waals surface area contributed by atoms with Crippen molar-refractivity contribution in [3.8, 4) is 62.1 Å². The van der Waals surface area contributed by atoms with E-state index in [1.807, 2.05) is 0 Å². The van der Waals surface area contributed by atoms with E-state index in [0.717, 1.165) is 22.4 Å². The van der Waals surface area contributed by atoms with Crippen molar-refractivity contribution in [1.29, 1.82) is 0 Å². The highest BCUT2D eigenvalue weighted by molar-refractivity contribution is 6.88. The highest BCUT2D eigenvalue weighted by atomic mass is 28.3. The molecule has 0 atom stereocenters. The maximum atomic E-state index is 5.36. The molecule has 0 unspecified atom stereocenters. The van der Waals surface area contributed by atoms with E-state index in [1.165, 1.54) is 71.5 Å². The van der Waals surface area contributed by atoms with Crippen LogP contribution in [0.2, 0.25) is 19.6 Å². The minimum Gasteiger partial charge on any atom is -0.309 e. The summed E-state index contributed by atoms with van der Waals surface area (Å²) >= 11 is 0. The van der Waals surface area contributed by atoms with Gasteiger partial charge >= 0.3 is 0 Å². The van der Waals surface area contributed by atoms with Gasteiger partial charge in [0.1, 0.15) is 0 Å². The summed E-state index contributed by atoms with van der Waals surface area (Å²) in [5.41, 5.74) is 16.1. The van der Waals surface area contributed by atoms with E-state index in [2.05, 4.69) is 212 Å². The first-order valence-corrected chi connectivity index (χ1v) is 24.3. The number of hydrogen-bond donors (Lipinski definition) is 0. The largest absolute Gasteiger partial charge is 0.309 e. The van der Waals surface area contributed by atoms with Crippen molar-refractivity contribution in [2.24, 2.45) is 0 Å². The van der Waals surface area contributed by atoms with Crippen LogP contribution in [-0.2, 0) is 5.41 Å². The van der Waals surface area contributed by atoms with Crippen LogP contribution >= 0.6 is 0 Å². The number of benzene rings is 8. The average Bonchev–Trinajstić information content (AvgIpc) is 3.90. The predicted molar refractivity (Wildman–Crippen MR) is 250 cm³/mol. The molecule has 0 bridgehead atoms. The van der Waals surface area contributed by atoms with Gasteiger partial charge in [-0.25, -0.2) is 15.0 Å². The Bertz CT molecular complexity index is 3250. The summed E-state index contributed by atoms with van der Waals surface area (Å²) in [6.07, 6.45) is 0. The Kier molecular flexibility index (Phi) is 7.48. The molecule has 0 saturated carbocycles. The Balaban J connectivity index is 1.07. The molecule has 8 aromatic carbocycles. The Morgan fingerprint density at radius 2 is 0.833 bits per heavy atom. The van der Waals surface area contributed by atoms with Crippen molar-refractivity contribution in [2.45, 2.75) is 25.1 Å². The van der Waals surface area contributed by atoms with Crippen LogP contribution in [0.25, 0.3) is 83.9 Å². The van der Waals surface area contributed by atoms with Crippen molar-refractivity contribution in [1.82, 2.24) is 19.5 Å². The number of aromatic nitrogens is 4. The Morgan fingerprint density at radius 1 is 0.383 bits per heavy atom. The Morgan fingerprint density at radius 3 is 1.38 bits per heavy atom. The number of rotatable bonds is 5. The molecule has 60 heavy (non-hydrogen) atoms. The van der Waals surface area contributed by atoms with E-state index in [1.54, 1.807) is 0 Å². The summed E-state index contributed by atoms with van der Waals surface area (Å²) in [6.45, 7) is 7.14. The highest BCUT2D eigenvalue weighted by Gasteiger charge is 2.51. The maximum Gasteiger partial charge on any atom is 0.164 e. The van der Waals surface area contributed by atoms with E-state index in [9.17, 15) is 0 Å². The standard InChI is InChI=1S/C55H40N4Si/c1-60(2,3)39-30-27-35(28-31-39)52-56-53(36-15-14-16-38(33-36)59-50-25-12-7-20-44(50)45-21-8-13-26-51(45)59)58-54(57-52)37-29-32-43-42-19-6-11-24-48(42)55(49(43)34-37)46-22-9-4-17-40(46)41-18-5-10-23-47(41)55/h4-34H,1-3H3. The van der Waals surface area contributed by atoms with Crippen LogP contribution in [-0.4, -0.2) is 27.6 Å². The summed E-state index contributed by atoms with van der Waals surface area (Å²) in [5.74, 6) is 1.96. The molecule has 2 heterocycles. The molecule has 2 aliphatic rings. The van der Waals surface area contributed by atoms with Crippen molar-refractivity contribution < 1.29 is 0 Å². The summed E-state index contributed by atoms with van der Waals surface area (Å²) < 4.78 is 2.35. The van der Waals surface area contributed by atoms with Crippen molar-refractivity contribution >= 4 is 35.1 Å². The van der Waals surface area contributed by atoms with Gasteiger partial charge in [0, 0.05) is 33.2 Å². The molecule has 10 aromatic rings. The van der Waals surface area contributed by atoms with E-state index in [-0.39, 0.29) is 0 Å². The van der Waals surface area contributed by atoms with E-state index >= 15 is 0 Å². The molecule has 0 radical (unpaired) electrons. The lowest BCUT2D eigenvalue weighted by Crippen LogP contribution is -2.37. The van der Waals surface area contributed by atoms with Gasteiger partial charge in [-0.2, -0.15) is 0 Å². The second kappa shape index (κ2) is 12.9. The fraction of sp³-hybridized carbons (Fsp3) is 0.0727. The van der Waals surface area contributed by atoms with Crippen molar-refractivity contribution in [2.75, 3.05) is 0 Å². The summed E-state index contributed by atoms with van der Waals surface area (Å²) in [7, 11) is -1.52. The normalized spacial score (nSPS) is 13.4. The molecule has 12 rings (SSSR count). The fourth-order valence-corrected chi connectivity index (χ4v) is 11.3. The van der Waals surface area contributed by atoms with Gasteiger partial charge in [-0.1, -0.05) is 183 Å². The Hall–Kier alpha value is -7.21. The first-order valence-electron chi connectivity index (χ1n) is 20.8. The number of nitrogens with zero attached hydrogens (tertiary/aromatic N) is 4. The second-order valence-corrected chi connectivity index (χ2v) is 22.3. The first-order chi connectivity index (χ1) is 29.4. The molecule has 1 spiro atoms. The highest BCUT2D eigenvalue weighted by Crippen LogP contribution is 2.63. The first kappa shape index (κ1) is 34.8. The molecule has 0 N–H and O–H groups in total. The lowest BCUT2D eigenvalue weighted by molar-refractivity contribution is 0.794. The van der Waals surface area contributed by atoms with Crippen LogP contribution in [0.1, 0.15) is 22.3 Å². The topological polar surface area (TPSA) is 43.6 Å². The van der Waals surface area contributed by atoms with Gasteiger partial charge in [0.2, 0.25) is 0 Å². The molecular weight excluding hydrogens is 745 g/mol. The monoisotopic (exact) mass is 784 g/mol. The van der Waals surface area contributed by atoms with Crippen LogP contribution in [0.4, 0.5) is 0 Å². The Labute approximate surface area is 350 Å². The zero-order valence-electron chi connectivity index (χ0n) is 33.7. The molecular formula is C55H40N4Si. The maximum absolute atomic E-state index is 5.36. The minimum atomic E-state index is -1.52. The molecule has 2 aromatic heterocycles. The van der Waals surface area contributed by atoms with Crippen LogP contribution in [0.3, 0.4) is 0 Å². The van der Waals surface area contributed by atoms with E-state index in [0.29, 0.717) is 17.5 Å². The zero-order valence-corrected chi connectivity index (χ0v) is 34.7. The van der Waals surface area contributed by atoms with Crippen molar-refractivity contribution in [3.05, 3.63) is 210 Å². The number of hydrogen-bond acceptors (Lipinski definition) is 3. The SMILES string of the molecule is C[Si](C)(C)c1ccc(-c2nc(-c3cccc(-n4c5ccccc5c5ccccc54)c3)nc(-c3ccc4c(c3)C3(c5ccccc5-c5ccccc53)c3ccccc3-4)n2)cc1. The summed E-state index contributed by atoms with van der Waals surface area (Å²) in [6, 6.07) is 68.5. The molecule has 284 valence electrons. The second-order valence-electron chi connectivity index (χ2n) is 17.2. The van der Waals surface area contributed by atoms with E-state index in [4.69, 9.17) is 15.0 Å². The van der Waals surface area contributed by atoms with Gasteiger partial charge in [-0.05, 0) is 74.8 Å².